The van der Waals surface area contributed by atoms with Crippen LogP contribution in [0.3, 0.4) is 0 Å². The highest BCUT2D eigenvalue weighted by Gasteiger charge is 2.16. The summed E-state index contributed by atoms with van der Waals surface area (Å²) in [5, 5.41) is 12.5. The van der Waals surface area contributed by atoms with Crippen LogP contribution in [0, 0.1) is 9.39 Å². The topological polar surface area (TPSA) is 76.3 Å². The molecule has 130 valence electrons. The molecule has 2 N–H and O–H groups in total. The molecule has 0 saturated carbocycles. The fraction of sp³-hybridized carbons (Fsp3) is 0.176. The van der Waals surface area contributed by atoms with Gasteiger partial charge in [0.25, 0.3) is 5.56 Å². The lowest BCUT2D eigenvalue weighted by Gasteiger charge is -2.16. The van der Waals surface area contributed by atoms with Gasteiger partial charge in [-0.25, -0.2) is 4.39 Å². The third-order valence-corrected chi connectivity index (χ3v) is 4.65. The van der Waals surface area contributed by atoms with Gasteiger partial charge < -0.3 is 15.0 Å². The lowest BCUT2D eigenvalue weighted by Crippen LogP contribution is -2.24. The summed E-state index contributed by atoms with van der Waals surface area (Å²) in [6.45, 7) is -0.428. The molecule has 0 atom stereocenters. The Kier molecular flexibility index (Phi) is 4.65. The zero-order valence-electron chi connectivity index (χ0n) is 13.5. The molecule has 0 radical (unpaired) electrons. The van der Waals surface area contributed by atoms with E-state index in [1.54, 1.807) is 30.8 Å². The number of nitrogens with one attached hydrogen (secondary N) is 1. The molecule has 0 spiro atoms. The number of anilines is 2. The van der Waals surface area contributed by atoms with Crippen molar-refractivity contribution in [1.29, 1.82) is 0 Å². The van der Waals surface area contributed by atoms with Gasteiger partial charge in [0.15, 0.2) is 5.43 Å². The summed E-state index contributed by atoms with van der Waals surface area (Å²) in [7, 11) is 3.23. The van der Waals surface area contributed by atoms with Gasteiger partial charge in [0.05, 0.1) is 23.4 Å². The number of aromatic nitrogens is 2. The van der Waals surface area contributed by atoms with Crippen molar-refractivity contribution in [2.75, 3.05) is 5.32 Å². The lowest BCUT2D eigenvalue weighted by molar-refractivity contribution is 0.280. The van der Waals surface area contributed by atoms with E-state index in [-0.39, 0.29) is 27.9 Å². The first-order valence-electron chi connectivity index (χ1n) is 7.38. The Balaban J connectivity index is 2.35. The molecule has 0 saturated heterocycles. The molecular formula is C17H15FIN3O3. The highest BCUT2D eigenvalue weighted by atomic mass is 127. The summed E-state index contributed by atoms with van der Waals surface area (Å²) in [5.41, 5.74) is 0.190. The zero-order chi connectivity index (χ0) is 18.3. The van der Waals surface area contributed by atoms with Gasteiger partial charge in [-0.05, 0) is 40.8 Å². The van der Waals surface area contributed by atoms with E-state index in [4.69, 9.17) is 0 Å². The zero-order valence-corrected chi connectivity index (χ0v) is 15.7. The minimum absolute atomic E-state index is 0.159. The van der Waals surface area contributed by atoms with Crippen LogP contribution in [0.15, 0.2) is 40.1 Å². The van der Waals surface area contributed by atoms with E-state index in [1.165, 1.54) is 22.9 Å². The minimum atomic E-state index is -0.490. The van der Waals surface area contributed by atoms with Crippen LogP contribution >= 0.6 is 22.6 Å². The fourth-order valence-corrected chi connectivity index (χ4v) is 3.24. The van der Waals surface area contributed by atoms with Crippen LogP contribution in [0.5, 0.6) is 0 Å². The van der Waals surface area contributed by atoms with Crippen molar-refractivity contribution in [3.8, 4) is 0 Å². The summed E-state index contributed by atoms with van der Waals surface area (Å²) in [5.74, 6) is -0.490. The van der Waals surface area contributed by atoms with Gasteiger partial charge in [0.1, 0.15) is 11.5 Å². The Bertz CT molecular complexity index is 1100. The molecule has 0 aliphatic rings. The molecule has 0 aliphatic carbocycles. The van der Waals surface area contributed by atoms with Gasteiger partial charge in [-0.2, -0.15) is 0 Å². The van der Waals surface area contributed by atoms with E-state index in [9.17, 15) is 19.1 Å². The van der Waals surface area contributed by atoms with Gasteiger partial charge in [0.2, 0.25) is 0 Å². The maximum absolute atomic E-state index is 14.2. The van der Waals surface area contributed by atoms with E-state index >= 15 is 0 Å². The second-order valence-corrected chi connectivity index (χ2v) is 6.90. The Morgan fingerprint density at radius 2 is 1.92 bits per heavy atom. The van der Waals surface area contributed by atoms with E-state index in [1.807, 2.05) is 22.6 Å². The molecule has 6 nitrogen and oxygen atoms in total. The van der Waals surface area contributed by atoms with Gasteiger partial charge >= 0.3 is 0 Å². The molecule has 1 aromatic carbocycles. The maximum atomic E-state index is 14.2. The Morgan fingerprint density at radius 1 is 1.20 bits per heavy atom. The first-order chi connectivity index (χ1) is 11.8. The van der Waals surface area contributed by atoms with E-state index < -0.39 is 17.9 Å². The number of fused-ring (bicyclic) bond motifs is 1. The lowest BCUT2D eigenvalue weighted by atomic mass is 10.1. The van der Waals surface area contributed by atoms with E-state index in [2.05, 4.69) is 5.32 Å². The molecule has 2 heterocycles. The van der Waals surface area contributed by atoms with E-state index in [0.29, 0.717) is 5.65 Å². The van der Waals surface area contributed by atoms with Crippen molar-refractivity contribution in [3.05, 3.63) is 66.0 Å². The first kappa shape index (κ1) is 17.6. The predicted molar refractivity (Wildman–Crippen MR) is 103 cm³/mol. The molecule has 0 aliphatic heterocycles. The Labute approximate surface area is 155 Å². The van der Waals surface area contributed by atoms with Crippen molar-refractivity contribution in [2.45, 2.75) is 6.61 Å². The Hall–Kier alpha value is -2.20. The number of hydrogen-bond acceptors (Lipinski definition) is 4. The van der Waals surface area contributed by atoms with Crippen LogP contribution in [-0.4, -0.2) is 14.2 Å². The Morgan fingerprint density at radius 3 is 2.56 bits per heavy atom. The minimum Gasteiger partial charge on any atom is -0.391 e. The van der Waals surface area contributed by atoms with Crippen LogP contribution in [0.4, 0.5) is 15.8 Å². The van der Waals surface area contributed by atoms with Gasteiger partial charge in [0, 0.05) is 35.5 Å². The molecule has 0 bridgehead atoms. The van der Waals surface area contributed by atoms with Crippen molar-refractivity contribution in [2.24, 2.45) is 14.1 Å². The number of rotatable bonds is 3. The smallest absolute Gasteiger partial charge is 0.253 e. The highest BCUT2D eigenvalue weighted by molar-refractivity contribution is 14.1. The summed E-state index contributed by atoms with van der Waals surface area (Å²) >= 11 is 1.99. The summed E-state index contributed by atoms with van der Waals surface area (Å²) in [4.78, 5) is 25.0. The summed E-state index contributed by atoms with van der Waals surface area (Å²) in [6, 6.07) is 5.86. The normalized spacial score (nSPS) is 11.1. The second-order valence-electron chi connectivity index (χ2n) is 5.66. The number of nitrogens with zero attached hydrogens (tertiary/aromatic N) is 2. The summed E-state index contributed by atoms with van der Waals surface area (Å²) < 4.78 is 17.8. The van der Waals surface area contributed by atoms with Gasteiger partial charge in [-0.3, -0.25) is 14.2 Å². The highest BCUT2D eigenvalue weighted by Crippen LogP contribution is 2.25. The number of aryl methyl sites for hydroxylation is 2. The predicted octanol–water partition coefficient (Wildman–Crippen LogP) is 2.22. The van der Waals surface area contributed by atoms with Crippen LogP contribution < -0.4 is 16.3 Å². The SMILES string of the molecule is Cn1cc(CO)c(=O)c2c(Nc3ccc(I)cc3F)cc(=O)n(C)c21. The third kappa shape index (κ3) is 3.07. The van der Waals surface area contributed by atoms with Gasteiger partial charge in [-0.1, -0.05) is 0 Å². The molecule has 3 rings (SSSR count). The van der Waals surface area contributed by atoms with Crippen molar-refractivity contribution < 1.29 is 9.50 Å². The number of aliphatic hydroxyl groups is 1. The second kappa shape index (κ2) is 6.60. The van der Waals surface area contributed by atoms with Crippen LogP contribution in [0.2, 0.25) is 0 Å². The molecule has 0 amide bonds. The largest absolute Gasteiger partial charge is 0.391 e. The molecule has 0 unspecified atom stereocenters. The van der Waals surface area contributed by atoms with Crippen LogP contribution in [0.25, 0.3) is 11.0 Å². The van der Waals surface area contributed by atoms with E-state index in [0.717, 1.165) is 3.57 Å². The van der Waals surface area contributed by atoms with Crippen LogP contribution in [0.1, 0.15) is 5.56 Å². The molecule has 2 aromatic heterocycles. The molecule has 0 fully saturated rings. The molecular weight excluding hydrogens is 440 g/mol. The van der Waals surface area contributed by atoms with Crippen molar-refractivity contribution in [3.63, 3.8) is 0 Å². The summed E-state index contributed by atoms with van der Waals surface area (Å²) in [6.07, 6.45) is 1.49. The fourth-order valence-electron chi connectivity index (χ4n) is 2.78. The van der Waals surface area contributed by atoms with Crippen LogP contribution in [-0.2, 0) is 20.7 Å². The number of pyridine rings is 2. The average Bonchev–Trinajstić information content (AvgIpc) is 2.56. The molecule has 25 heavy (non-hydrogen) atoms. The number of halogens is 2. The average molecular weight is 455 g/mol. The maximum Gasteiger partial charge on any atom is 0.253 e. The standard InChI is InChI=1S/C17H15FIN3O3/c1-21-7-9(8-23)16(25)15-13(6-14(24)22(2)17(15)21)20-12-4-3-10(19)5-11(12)18/h3-7,20,23H,8H2,1-2H3. The molecule has 3 aromatic rings. The number of aliphatic hydroxyl groups excluding tert-OH is 1. The van der Waals surface area contributed by atoms with Crippen molar-refractivity contribution in [1.82, 2.24) is 9.13 Å². The third-order valence-electron chi connectivity index (χ3n) is 3.98. The van der Waals surface area contributed by atoms with Gasteiger partial charge in [-0.15, -0.1) is 0 Å². The molecule has 8 heteroatoms. The number of hydrogen-bond donors (Lipinski definition) is 2. The monoisotopic (exact) mass is 455 g/mol. The quantitative estimate of drug-likeness (QED) is 0.595. The number of benzene rings is 1. The van der Waals surface area contributed by atoms with Crippen molar-refractivity contribution >= 4 is 45.0 Å². The first-order valence-corrected chi connectivity index (χ1v) is 8.46.